The van der Waals surface area contributed by atoms with E-state index in [4.69, 9.17) is 0 Å². The number of hydrogen-bond acceptors (Lipinski definition) is 6. The third-order valence-corrected chi connectivity index (χ3v) is 3.77. The molecule has 3 rings (SSSR count). The van der Waals surface area contributed by atoms with E-state index in [9.17, 15) is 19.7 Å². The van der Waals surface area contributed by atoms with Gasteiger partial charge in [-0.05, 0) is 36.1 Å². The van der Waals surface area contributed by atoms with Crippen LogP contribution in [0.1, 0.15) is 17.4 Å². The van der Waals surface area contributed by atoms with Gasteiger partial charge < -0.3 is 20.7 Å². The van der Waals surface area contributed by atoms with E-state index in [2.05, 4.69) is 20.8 Å². The number of hydrogen-bond donors (Lipinski definition) is 2. The molecule has 0 radical (unpaired) electrons. The number of benzene rings is 1. The lowest BCUT2D eigenvalue weighted by Gasteiger charge is -2.09. The van der Waals surface area contributed by atoms with E-state index in [1.807, 2.05) is 6.92 Å². The van der Waals surface area contributed by atoms with Gasteiger partial charge in [-0.15, -0.1) is 0 Å². The monoisotopic (exact) mass is 383 g/mol. The first-order valence-corrected chi connectivity index (χ1v) is 8.37. The van der Waals surface area contributed by atoms with Crippen LogP contribution >= 0.6 is 0 Å². The predicted octanol–water partition coefficient (Wildman–Crippen LogP) is 1.90. The van der Waals surface area contributed by atoms with Crippen molar-refractivity contribution < 1.29 is 14.5 Å². The molecule has 0 aliphatic carbocycles. The van der Waals surface area contributed by atoms with E-state index in [-0.39, 0.29) is 18.3 Å². The van der Waals surface area contributed by atoms with Crippen LogP contribution in [0.2, 0.25) is 0 Å². The van der Waals surface area contributed by atoms with Crippen LogP contribution in [0, 0.1) is 10.1 Å². The highest BCUT2D eigenvalue weighted by atomic mass is 16.6. The van der Waals surface area contributed by atoms with Gasteiger partial charge in [0.1, 0.15) is 12.2 Å². The van der Waals surface area contributed by atoms with Crippen molar-refractivity contribution in [3.63, 3.8) is 0 Å². The lowest BCUT2D eigenvalue weighted by atomic mass is 10.2. The number of amides is 2. The van der Waals surface area contributed by atoms with Crippen molar-refractivity contribution in [2.75, 3.05) is 10.6 Å². The predicted molar refractivity (Wildman–Crippen MR) is 99.8 cm³/mol. The van der Waals surface area contributed by atoms with E-state index < -0.39 is 10.8 Å². The molecule has 2 heterocycles. The zero-order valence-electron chi connectivity index (χ0n) is 14.9. The molecule has 0 saturated carbocycles. The fourth-order valence-corrected chi connectivity index (χ4v) is 2.53. The van der Waals surface area contributed by atoms with Gasteiger partial charge in [-0.1, -0.05) is 6.07 Å². The maximum Gasteiger partial charge on any atom is 0.389 e. The highest BCUT2D eigenvalue weighted by molar-refractivity contribution is 6.03. The third-order valence-electron chi connectivity index (χ3n) is 3.77. The summed E-state index contributed by atoms with van der Waals surface area (Å²) in [7, 11) is 0. The molecule has 0 aliphatic heterocycles. The van der Waals surface area contributed by atoms with Crippen molar-refractivity contribution in [3.8, 4) is 0 Å². The van der Waals surface area contributed by atoms with Crippen LogP contribution in [-0.2, 0) is 17.9 Å². The molecule has 0 saturated heterocycles. The van der Waals surface area contributed by atoms with Crippen molar-refractivity contribution in [2.24, 2.45) is 0 Å². The molecular weight excluding hydrogens is 366 g/mol. The summed E-state index contributed by atoms with van der Waals surface area (Å²) in [5.41, 5.74) is 1.40. The number of carbonyl (C=O) groups excluding carboxylic acids is 2. The van der Waals surface area contributed by atoms with Crippen LogP contribution in [-0.4, -0.2) is 36.3 Å². The lowest BCUT2D eigenvalue weighted by Crippen LogP contribution is -2.20. The summed E-state index contributed by atoms with van der Waals surface area (Å²) in [6.45, 7) is 2.27. The molecule has 2 N–H and O–H groups in total. The van der Waals surface area contributed by atoms with Gasteiger partial charge in [0.05, 0.1) is 17.4 Å². The van der Waals surface area contributed by atoms with Gasteiger partial charge in [0, 0.05) is 24.1 Å². The highest BCUT2D eigenvalue weighted by Crippen LogP contribution is 2.16. The Balaban J connectivity index is 1.63. The number of rotatable bonds is 7. The minimum absolute atomic E-state index is 0.180. The highest BCUT2D eigenvalue weighted by Gasteiger charge is 2.14. The van der Waals surface area contributed by atoms with Crippen LogP contribution in [0.4, 0.5) is 17.2 Å². The van der Waals surface area contributed by atoms with Crippen LogP contribution in [0.5, 0.6) is 0 Å². The largest absolute Gasteiger partial charge is 0.389 e. The summed E-state index contributed by atoms with van der Waals surface area (Å²) in [4.78, 5) is 34.5. The lowest BCUT2D eigenvalue weighted by molar-refractivity contribution is -0.389. The summed E-state index contributed by atoms with van der Waals surface area (Å²) in [5.74, 6) is -1.05. The number of nitro groups is 1. The van der Waals surface area contributed by atoms with E-state index in [0.717, 1.165) is 0 Å². The van der Waals surface area contributed by atoms with Crippen molar-refractivity contribution >= 4 is 29.0 Å². The standard InChI is InChI=1S/C17H17N7O4/c1-2-23-14(6-8-18-23)17(26)20-13-5-3-4-12(10-13)19-16(25)11-22-9-7-15(21-22)24(27)28/h3-10H,2,11H2,1H3,(H,19,25)(H,20,26). The fraction of sp³-hybridized carbons (Fsp3) is 0.176. The van der Waals surface area contributed by atoms with Crippen molar-refractivity contribution in [3.05, 3.63) is 64.6 Å². The zero-order valence-corrected chi connectivity index (χ0v) is 14.9. The molecule has 3 aromatic rings. The van der Waals surface area contributed by atoms with Gasteiger partial charge in [0.2, 0.25) is 5.91 Å². The average molecular weight is 383 g/mol. The molecule has 0 fully saturated rings. The molecule has 1 aromatic carbocycles. The Bertz CT molecular complexity index is 1020. The molecule has 11 nitrogen and oxygen atoms in total. The number of aryl methyl sites for hydroxylation is 1. The maximum atomic E-state index is 12.4. The first-order chi connectivity index (χ1) is 13.5. The minimum atomic E-state index is -0.634. The normalized spacial score (nSPS) is 10.5. The van der Waals surface area contributed by atoms with Gasteiger partial charge >= 0.3 is 5.82 Å². The summed E-state index contributed by atoms with van der Waals surface area (Å²) in [5, 5.41) is 23.8. The number of carbonyl (C=O) groups is 2. The van der Waals surface area contributed by atoms with Crippen LogP contribution < -0.4 is 10.6 Å². The molecule has 28 heavy (non-hydrogen) atoms. The van der Waals surface area contributed by atoms with Gasteiger partial charge in [0.25, 0.3) is 5.91 Å². The second-order valence-corrected chi connectivity index (χ2v) is 5.74. The molecule has 0 bridgehead atoms. The maximum absolute atomic E-state index is 12.4. The summed E-state index contributed by atoms with van der Waals surface area (Å²) < 4.78 is 2.75. The SMILES string of the molecule is CCn1nccc1C(=O)Nc1cccc(NC(=O)Cn2ccc([N+](=O)[O-])n2)c1. The minimum Gasteiger partial charge on any atom is -0.358 e. The third kappa shape index (κ3) is 4.38. The summed E-state index contributed by atoms with van der Waals surface area (Å²) in [6, 6.07) is 9.47. The van der Waals surface area contributed by atoms with Crippen molar-refractivity contribution in [1.29, 1.82) is 0 Å². The molecule has 0 unspecified atom stereocenters. The Morgan fingerprint density at radius 2 is 1.93 bits per heavy atom. The molecule has 0 aliphatic rings. The van der Waals surface area contributed by atoms with Crippen LogP contribution in [0.3, 0.4) is 0 Å². The Morgan fingerprint density at radius 3 is 2.61 bits per heavy atom. The second-order valence-electron chi connectivity index (χ2n) is 5.74. The molecule has 11 heteroatoms. The Morgan fingerprint density at radius 1 is 1.18 bits per heavy atom. The van der Waals surface area contributed by atoms with E-state index in [1.54, 1.807) is 41.2 Å². The first kappa shape index (κ1) is 18.8. The first-order valence-electron chi connectivity index (χ1n) is 8.37. The molecule has 2 amide bonds. The topological polar surface area (TPSA) is 137 Å². The number of nitrogens with one attached hydrogen (secondary N) is 2. The quantitative estimate of drug-likeness (QED) is 0.472. The van der Waals surface area contributed by atoms with Crippen molar-refractivity contribution in [1.82, 2.24) is 19.6 Å². The number of nitrogens with zero attached hydrogens (tertiary/aromatic N) is 5. The van der Waals surface area contributed by atoms with E-state index in [1.165, 1.54) is 16.9 Å². The van der Waals surface area contributed by atoms with Crippen LogP contribution in [0.15, 0.2) is 48.8 Å². The number of aromatic nitrogens is 4. The van der Waals surface area contributed by atoms with Gasteiger partial charge in [-0.2, -0.15) is 9.78 Å². The van der Waals surface area contributed by atoms with Gasteiger partial charge in [-0.3, -0.25) is 14.3 Å². The summed E-state index contributed by atoms with van der Waals surface area (Å²) >= 11 is 0. The smallest absolute Gasteiger partial charge is 0.358 e. The van der Waals surface area contributed by atoms with E-state index in [0.29, 0.717) is 23.6 Å². The molecule has 0 spiro atoms. The Labute approximate surface area is 159 Å². The van der Waals surface area contributed by atoms with Crippen LogP contribution in [0.25, 0.3) is 0 Å². The molecule has 2 aromatic heterocycles. The molecular formula is C17H17N7O4. The van der Waals surface area contributed by atoms with Gasteiger partial charge in [0.15, 0.2) is 0 Å². The summed E-state index contributed by atoms with van der Waals surface area (Å²) in [6.07, 6.45) is 2.90. The van der Waals surface area contributed by atoms with Gasteiger partial charge in [-0.25, -0.2) is 0 Å². The van der Waals surface area contributed by atoms with E-state index >= 15 is 0 Å². The van der Waals surface area contributed by atoms with Crippen molar-refractivity contribution in [2.45, 2.75) is 20.0 Å². The average Bonchev–Trinajstić information content (AvgIpc) is 3.31. The number of anilines is 2. The fourth-order valence-electron chi connectivity index (χ4n) is 2.53. The zero-order chi connectivity index (χ0) is 20.1. The Hall–Kier alpha value is -4.02. The Kier molecular flexibility index (Phi) is 5.44. The molecule has 144 valence electrons. The molecule has 0 atom stereocenters. The second kappa shape index (κ2) is 8.12.